The first-order chi connectivity index (χ1) is 8.26. The number of hydrogen-bond donors (Lipinski definition) is 2. The van der Waals surface area contributed by atoms with E-state index in [9.17, 15) is 10.2 Å². The maximum atomic E-state index is 9.20. The van der Waals surface area contributed by atoms with Crippen LogP contribution in [0.4, 0.5) is 0 Å². The smallest absolute Gasteiger partial charge is 0.105 e. The van der Waals surface area contributed by atoms with Crippen molar-refractivity contribution >= 4 is 0 Å². The third kappa shape index (κ3) is 5.19. The predicted octanol–water partition coefficient (Wildman–Crippen LogP) is -1.82. The molecule has 0 aliphatic rings. The molecule has 102 valence electrons. The van der Waals surface area contributed by atoms with Crippen LogP contribution in [0.1, 0.15) is 5.56 Å². The third-order valence-electron chi connectivity index (χ3n) is 3.03. The average molecular weight is 272 g/mol. The van der Waals surface area contributed by atoms with Crippen molar-refractivity contribution in [1.29, 1.82) is 0 Å². The highest BCUT2D eigenvalue weighted by Crippen LogP contribution is 2.14. The van der Waals surface area contributed by atoms with Gasteiger partial charge in [-0.05, 0) is 6.08 Å². The summed E-state index contributed by atoms with van der Waals surface area (Å²) in [5, 5.41) is 18.4. The van der Waals surface area contributed by atoms with E-state index < -0.39 is 0 Å². The van der Waals surface area contributed by atoms with Crippen LogP contribution in [0.5, 0.6) is 0 Å². The van der Waals surface area contributed by atoms with Crippen LogP contribution in [0.25, 0.3) is 0 Å². The Morgan fingerprint density at radius 1 is 1.06 bits per heavy atom. The summed E-state index contributed by atoms with van der Waals surface area (Å²) in [5.41, 5.74) is 1.22. The zero-order valence-electron chi connectivity index (χ0n) is 10.6. The Kier molecular flexibility index (Phi) is 8.67. The van der Waals surface area contributed by atoms with Crippen LogP contribution in [0.2, 0.25) is 0 Å². The van der Waals surface area contributed by atoms with Gasteiger partial charge in [-0.25, -0.2) is 0 Å². The summed E-state index contributed by atoms with van der Waals surface area (Å²) in [6.07, 6.45) is 1.86. The minimum absolute atomic E-state index is 0. The van der Waals surface area contributed by atoms with E-state index in [1.54, 1.807) is 0 Å². The number of aliphatic hydroxyl groups excluding tert-OH is 2. The quantitative estimate of drug-likeness (QED) is 0.432. The monoisotopic (exact) mass is 271 g/mol. The van der Waals surface area contributed by atoms with Crippen LogP contribution in [-0.2, 0) is 6.54 Å². The van der Waals surface area contributed by atoms with Gasteiger partial charge in [-0.2, -0.15) is 0 Å². The van der Waals surface area contributed by atoms with Gasteiger partial charge in [0.05, 0.1) is 19.8 Å². The molecule has 0 unspecified atom stereocenters. The predicted molar refractivity (Wildman–Crippen MR) is 69.4 cm³/mol. The molecule has 0 radical (unpaired) electrons. The number of rotatable bonds is 8. The highest BCUT2D eigenvalue weighted by molar-refractivity contribution is 5.13. The van der Waals surface area contributed by atoms with Crippen molar-refractivity contribution in [2.45, 2.75) is 6.54 Å². The SMILES string of the molecule is C=CC[N+](CCO)(CCO)Cc1ccccc1.[Cl-]. The van der Waals surface area contributed by atoms with Gasteiger partial charge in [0, 0.05) is 5.56 Å². The van der Waals surface area contributed by atoms with Crippen molar-refractivity contribution < 1.29 is 27.1 Å². The molecule has 1 aromatic rings. The van der Waals surface area contributed by atoms with E-state index in [1.165, 1.54) is 5.56 Å². The molecule has 0 heterocycles. The van der Waals surface area contributed by atoms with Crippen LogP contribution >= 0.6 is 0 Å². The molecule has 0 spiro atoms. The topological polar surface area (TPSA) is 40.5 Å². The average Bonchev–Trinajstić information content (AvgIpc) is 2.31. The molecule has 0 saturated carbocycles. The molecule has 2 N–H and O–H groups in total. The van der Waals surface area contributed by atoms with Gasteiger partial charge in [0.2, 0.25) is 0 Å². The lowest BCUT2D eigenvalue weighted by Gasteiger charge is -2.37. The lowest BCUT2D eigenvalue weighted by Crippen LogP contribution is -3.00. The molecule has 0 saturated heterocycles. The van der Waals surface area contributed by atoms with E-state index in [0.29, 0.717) is 17.6 Å². The van der Waals surface area contributed by atoms with Gasteiger partial charge in [0.15, 0.2) is 0 Å². The molecule has 0 fully saturated rings. The van der Waals surface area contributed by atoms with Gasteiger partial charge >= 0.3 is 0 Å². The normalized spacial score (nSPS) is 10.8. The fraction of sp³-hybridized carbons (Fsp3) is 0.429. The lowest BCUT2D eigenvalue weighted by molar-refractivity contribution is -0.936. The second-order valence-electron chi connectivity index (χ2n) is 4.35. The van der Waals surface area contributed by atoms with E-state index in [1.807, 2.05) is 24.3 Å². The number of halogens is 1. The van der Waals surface area contributed by atoms with E-state index in [0.717, 1.165) is 13.1 Å². The number of benzene rings is 1. The van der Waals surface area contributed by atoms with Crippen molar-refractivity contribution in [2.75, 3.05) is 32.8 Å². The maximum absolute atomic E-state index is 9.20. The van der Waals surface area contributed by atoms with Crippen molar-refractivity contribution in [1.82, 2.24) is 0 Å². The standard InChI is InChI=1S/C14H22NO2.ClH/c1-2-8-15(9-11-16,10-12-17)13-14-6-4-3-5-7-14;/h2-7,16-17H,1,8-13H2;1H/q+1;/p-1. The highest BCUT2D eigenvalue weighted by atomic mass is 35.5. The summed E-state index contributed by atoms with van der Waals surface area (Å²) in [4.78, 5) is 0. The Morgan fingerprint density at radius 3 is 2.06 bits per heavy atom. The minimum atomic E-state index is 0. The van der Waals surface area contributed by atoms with Gasteiger partial charge < -0.3 is 27.1 Å². The van der Waals surface area contributed by atoms with E-state index in [2.05, 4.69) is 18.7 Å². The lowest BCUT2D eigenvalue weighted by atomic mass is 10.1. The Balaban J connectivity index is 0.00000289. The van der Waals surface area contributed by atoms with E-state index in [4.69, 9.17) is 0 Å². The van der Waals surface area contributed by atoms with Crippen molar-refractivity contribution in [3.05, 3.63) is 48.6 Å². The fourth-order valence-electron chi connectivity index (χ4n) is 2.19. The Labute approximate surface area is 115 Å². The fourth-order valence-corrected chi connectivity index (χ4v) is 2.19. The number of quaternary nitrogens is 1. The molecule has 0 aliphatic heterocycles. The molecule has 0 atom stereocenters. The van der Waals surface area contributed by atoms with Crippen molar-refractivity contribution in [3.63, 3.8) is 0 Å². The number of aliphatic hydroxyl groups is 2. The molecule has 0 aliphatic carbocycles. The van der Waals surface area contributed by atoms with Crippen molar-refractivity contribution in [3.8, 4) is 0 Å². The highest BCUT2D eigenvalue weighted by Gasteiger charge is 2.25. The molecule has 18 heavy (non-hydrogen) atoms. The largest absolute Gasteiger partial charge is 1.00 e. The Bertz CT molecular complexity index is 324. The molecular formula is C14H22ClNO2. The van der Waals surface area contributed by atoms with Crippen LogP contribution in [-0.4, -0.2) is 47.5 Å². The first-order valence-corrected chi connectivity index (χ1v) is 5.98. The third-order valence-corrected chi connectivity index (χ3v) is 3.03. The Morgan fingerprint density at radius 2 is 1.61 bits per heavy atom. The summed E-state index contributed by atoms with van der Waals surface area (Å²) in [6.45, 7) is 6.88. The first-order valence-electron chi connectivity index (χ1n) is 5.98. The molecule has 0 aromatic heterocycles. The summed E-state index contributed by atoms with van der Waals surface area (Å²) in [6, 6.07) is 10.2. The molecule has 0 bridgehead atoms. The van der Waals surface area contributed by atoms with Crippen molar-refractivity contribution in [2.24, 2.45) is 0 Å². The number of nitrogens with zero attached hydrogens (tertiary/aromatic N) is 1. The van der Waals surface area contributed by atoms with Gasteiger partial charge in [0.1, 0.15) is 19.6 Å². The van der Waals surface area contributed by atoms with Crippen LogP contribution in [0.15, 0.2) is 43.0 Å². The van der Waals surface area contributed by atoms with Gasteiger partial charge in [0.25, 0.3) is 0 Å². The first kappa shape index (κ1) is 17.1. The summed E-state index contributed by atoms with van der Waals surface area (Å²) >= 11 is 0. The van der Waals surface area contributed by atoms with Gasteiger partial charge in [-0.1, -0.05) is 36.9 Å². The van der Waals surface area contributed by atoms with Gasteiger partial charge in [-0.3, -0.25) is 0 Å². The van der Waals surface area contributed by atoms with Crippen LogP contribution in [0, 0.1) is 0 Å². The molecule has 0 amide bonds. The minimum Gasteiger partial charge on any atom is -1.00 e. The summed E-state index contributed by atoms with van der Waals surface area (Å²) < 4.78 is 0.653. The zero-order chi connectivity index (χ0) is 12.6. The zero-order valence-corrected chi connectivity index (χ0v) is 11.4. The molecule has 3 nitrogen and oxygen atoms in total. The molecular weight excluding hydrogens is 250 g/mol. The van der Waals surface area contributed by atoms with E-state index >= 15 is 0 Å². The van der Waals surface area contributed by atoms with Gasteiger partial charge in [-0.15, -0.1) is 0 Å². The molecule has 1 rings (SSSR count). The van der Waals surface area contributed by atoms with Crippen LogP contribution in [0.3, 0.4) is 0 Å². The molecule has 4 heteroatoms. The Hall–Kier alpha value is -0.870. The second kappa shape index (κ2) is 9.11. The summed E-state index contributed by atoms with van der Waals surface area (Å²) in [5.74, 6) is 0. The van der Waals surface area contributed by atoms with Crippen LogP contribution < -0.4 is 12.4 Å². The number of hydrogen-bond acceptors (Lipinski definition) is 2. The second-order valence-corrected chi connectivity index (χ2v) is 4.35. The maximum Gasteiger partial charge on any atom is 0.105 e. The van der Waals surface area contributed by atoms with E-state index in [-0.39, 0.29) is 25.6 Å². The molecule has 1 aromatic carbocycles. The summed E-state index contributed by atoms with van der Waals surface area (Å²) in [7, 11) is 0.